The van der Waals surface area contributed by atoms with Gasteiger partial charge >= 0.3 is 0 Å². The van der Waals surface area contributed by atoms with Crippen molar-refractivity contribution in [2.24, 2.45) is 11.8 Å². The second-order valence-corrected chi connectivity index (χ2v) is 5.52. The van der Waals surface area contributed by atoms with Crippen molar-refractivity contribution in [2.45, 2.75) is 6.04 Å². The fourth-order valence-electron chi connectivity index (χ4n) is 2.55. The van der Waals surface area contributed by atoms with Gasteiger partial charge < -0.3 is 10.6 Å². The Labute approximate surface area is 122 Å². The maximum Gasteiger partial charge on any atom is 0.251 e. The van der Waals surface area contributed by atoms with Crippen LogP contribution in [0.15, 0.2) is 18.2 Å². The molecule has 2 N–H and O–H groups in total. The summed E-state index contributed by atoms with van der Waals surface area (Å²) in [7, 11) is 0. The highest BCUT2D eigenvalue weighted by molar-refractivity contribution is 6.35. The second-order valence-electron chi connectivity index (χ2n) is 4.64. The van der Waals surface area contributed by atoms with Crippen molar-refractivity contribution in [3.8, 4) is 0 Å². The molecule has 2 fully saturated rings. The molecule has 3 nitrogen and oxygen atoms in total. The molecule has 0 aromatic heterocycles. The Bertz CT molecular complexity index is 450. The van der Waals surface area contributed by atoms with Crippen molar-refractivity contribution in [3.63, 3.8) is 0 Å². The minimum atomic E-state index is -0.0891. The number of fused-ring (bicyclic) bond motifs is 1. The summed E-state index contributed by atoms with van der Waals surface area (Å²) in [5.41, 5.74) is 0.528. The number of rotatable bonds is 2. The standard InChI is InChI=1S/C12H12Cl2N2O.ClH/c13-7-1-6(2-8(14)3-7)12(17)16-11-9-4-15-5-10(9)11;/h1-3,9-11,15H,4-5H2,(H,16,17);1H. The van der Waals surface area contributed by atoms with Crippen LogP contribution in [0.3, 0.4) is 0 Å². The Morgan fingerprint density at radius 3 is 2.28 bits per heavy atom. The van der Waals surface area contributed by atoms with Gasteiger partial charge in [0.25, 0.3) is 5.91 Å². The first-order valence-electron chi connectivity index (χ1n) is 5.63. The number of nitrogens with one attached hydrogen (secondary N) is 2. The molecule has 2 unspecified atom stereocenters. The third-order valence-corrected chi connectivity index (χ3v) is 3.95. The van der Waals surface area contributed by atoms with Crippen LogP contribution >= 0.6 is 35.6 Å². The van der Waals surface area contributed by atoms with Gasteiger partial charge in [-0.1, -0.05) is 23.2 Å². The normalized spacial score (nSPS) is 28.2. The summed E-state index contributed by atoms with van der Waals surface area (Å²) in [6, 6.07) is 5.22. The van der Waals surface area contributed by atoms with Crippen LogP contribution in [0.4, 0.5) is 0 Å². The van der Waals surface area contributed by atoms with E-state index in [1.807, 2.05) is 0 Å². The molecule has 1 amide bonds. The summed E-state index contributed by atoms with van der Waals surface area (Å²) in [5.74, 6) is 1.12. The van der Waals surface area contributed by atoms with Gasteiger partial charge in [0.05, 0.1) is 0 Å². The van der Waals surface area contributed by atoms with Gasteiger partial charge in [-0.15, -0.1) is 12.4 Å². The lowest BCUT2D eigenvalue weighted by Gasteiger charge is -2.08. The summed E-state index contributed by atoms with van der Waals surface area (Å²) in [5, 5.41) is 7.29. The lowest BCUT2D eigenvalue weighted by molar-refractivity contribution is 0.0946. The van der Waals surface area contributed by atoms with E-state index in [9.17, 15) is 4.79 Å². The number of benzene rings is 1. The van der Waals surface area contributed by atoms with Gasteiger partial charge in [0.15, 0.2) is 0 Å². The zero-order valence-electron chi connectivity index (χ0n) is 9.45. The molecule has 1 saturated carbocycles. The Morgan fingerprint density at radius 1 is 1.17 bits per heavy atom. The molecule has 1 heterocycles. The van der Waals surface area contributed by atoms with Gasteiger partial charge in [0, 0.05) is 34.7 Å². The van der Waals surface area contributed by atoms with Gasteiger partial charge in [0.2, 0.25) is 0 Å². The highest BCUT2D eigenvalue weighted by atomic mass is 35.5. The maximum atomic E-state index is 12.0. The Kier molecular flexibility index (Phi) is 4.07. The number of piperidine rings is 1. The van der Waals surface area contributed by atoms with E-state index in [1.54, 1.807) is 18.2 Å². The van der Waals surface area contributed by atoms with Crippen LogP contribution in [0.25, 0.3) is 0 Å². The molecule has 1 aromatic carbocycles. The van der Waals surface area contributed by atoms with Crippen molar-refractivity contribution in [1.29, 1.82) is 0 Å². The van der Waals surface area contributed by atoms with Crippen LogP contribution in [0, 0.1) is 11.8 Å². The van der Waals surface area contributed by atoms with Crippen molar-refractivity contribution < 1.29 is 4.79 Å². The van der Waals surface area contributed by atoms with Crippen molar-refractivity contribution in [1.82, 2.24) is 10.6 Å². The summed E-state index contributed by atoms with van der Waals surface area (Å²) in [6.45, 7) is 2.01. The van der Waals surface area contributed by atoms with E-state index in [0.29, 0.717) is 33.5 Å². The number of halogens is 3. The highest BCUT2D eigenvalue weighted by Crippen LogP contribution is 2.41. The average Bonchev–Trinajstić information content (AvgIpc) is 2.73. The zero-order chi connectivity index (χ0) is 12.0. The largest absolute Gasteiger partial charge is 0.349 e. The number of hydrogen-bond acceptors (Lipinski definition) is 2. The fraction of sp³-hybridized carbons (Fsp3) is 0.417. The first kappa shape index (κ1) is 13.9. The van der Waals surface area contributed by atoms with Gasteiger partial charge in [-0.05, 0) is 30.0 Å². The fourth-order valence-corrected chi connectivity index (χ4v) is 3.08. The minimum Gasteiger partial charge on any atom is -0.349 e. The Hall–Kier alpha value is -0.480. The maximum absolute atomic E-state index is 12.0. The van der Waals surface area contributed by atoms with Crippen molar-refractivity contribution in [2.75, 3.05) is 13.1 Å². The Morgan fingerprint density at radius 2 is 1.72 bits per heavy atom. The second kappa shape index (κ2) is 5.25. The van der Waals surface area contributed by atoms with Crippen LogP contribution in [-0.2, 0) is 0 Å². The van der Waals surface area contributed by atoms with E-state index in [0.717, 1.165) is 13.1 Å². The molecule has 2 atom stereocenters. The molecule has 3 rings (SSSR count). The molecule has 1 aromatic rings. The van der Waals surface area contributed by atoms with E-state index >= 15 is 0 Å². The molecule has 0 spiro atoms. The number of hydrogen-bond donors (Lipinski definition) is 2. The van der Waals surface area contributed by atoms with E-state index in [4.69, 9.17) is 23.2 Å². The molecule has 0 radical (unpaired) electrons. The molecule has 1 aliphatic carbocycles. The first-order chi connectivity index (χ1) is 8.15. The number of amides is 1. The summed E-state index contributed by atoms with van der Waals surface area (Å²) >= 11 is 11.7. The molecule has 18 heavy (non-hydrogen) atoms. The molecule has 0 bridgehead atoms. The van der Waals surface area contributed by atoms with Crippen LogP contribution in [0.1, 0.15) is 10.4 Å². The molecular formula is C12H13Cl3N2O. The average molecular weight is 308 g/mol. The lowest BCUT2D eigenvalue weighted by Crippen LogP contribution is -2.32. The topological polar surface area (TPSA) is 41.1 Å². The molecular weight excluding hydrogens is 295 g/mol. The Balaban J connectivity index is 0.00000120. The molecule has 1 aliphatic heterocycles. The van der Waals surface area contributed by atoms with Gasteiger partial charge in [0.1, 0.15) is 0 Å². The minimum absolute atomic E-state index is 0. The van der Waals surface area contributed by atoms with Crippen molar-refractivity contribution >= 4 is 41.5 Å². The molecule has 1 saturated heterocycles. The third kappa shape index (κ3) is 2.59. The lowest BCUT2D eigenvalue weighted by atomic mass is 10.2. The first-order valence-corrected chi connectivity index (χ1v) is 6.38. The molecule has 2 aliphatic rings. The molecule has 98 valence electrons. The highest BCUT2D eigenvalue weighted by Gasteiger charge is 2.53. The van der Waals surface area contributed by atoms with E-state index in [2.05, 4.69) is 10.6 Å². The number of carbonyl (C=O) groups excluding carboxylic acids is 1. The van der Waals surface area contributed by atoms with E-state index in [1.165, 1.54) is 0 Å². The third-order valence-electron chi connectivity index (χ3n) is 3.51. The van der Waals surface area contributed by atoms with E-state index in [-0.39, 0.29) is 18.3 Å². The number of carbonyl (C=O) groups is 1. The SMILES string of the molecule is Cl.O=C(NC1C2CNCC21)c1cc(Cl)cc(Cl)c1. The zero-order valence-corrected chi connectivity index (χ0v) is 11.8. The monoisotopic (exact) mass is 306 g/mol. The summed E-state index contributed by atoms with van der Waals surface area (Å²) in [6.07, 6.45) is 0. The van der Waals surface area contributed by atoms with Gasteiger partial charge in [-0.3, -0.25) is 4.79 Å². The predicted octanol–water partition coefficient (Wildman–Crippen LogP) is 2.36. The van der Waals surface area contributed by atoms with Gasteiger partial charge in [-0.25, -0.2) is 0 Å². The smallest absolute Gasteiger partial charge is 0.251 e. The van der Waals surface area contributed by atoms with Crippen LogP contribution < -0.4 is 10.6 Å². The molecule has 6 heteroatoms. The summed E-state index contributed by atoms with van der Waals surface area (Å²) in [4.78, 5) is 12.0. The van der Waals surface area contributed by atoms with Crippen molar-refractivity contribution in [3.05, 3.63) is 33.8 Å². The predicted molar refractivity (Wildman–Crippen MR) is 74.8 cm³/mol. The van der Waals surface area contributed by atoms with Crippen LogP contribution in [0.5, 0.6) is 0 Å². The quantitative estimate of drug-likeness (QED) is 0.881. The van der Waals surface area contributed by atoms with E-state index < -0.39 is 0 Å². The van der Waals surface area contributed by atoms with Crippen LogP contribution in [-0.4, -0.2) is 25.0 Å². The van der Waals surface area contributed by atoms with Crippen LogP contribution in [0.2, 0.25) is 10.0 Å². The summed E-state index contributed by atoms with van der Waals surface area (Å²) < 4.78 is 0. The van der Waals surface area contributed by atoms with Gasteiger partial charge in [-0.2, -0.15) is 0 Å².